The summed E-state index contributed by atoms with van der Waals surface area (Å²) < 4.78 is 6.97. The molecule has 0 spiro atoms. The van der Waals surface area contributed by atoms with Crippen LogP contribution in [-0.4, -0.2) is 45.5 Å². The third kappa shape index (κ3) is 5.93. The Morgan fingerprint density at radius 3 is 2.37 bits per heavy atom. The predicted octanol–water partition coefficient (Wildman–Crippen LogP) is 3.34. The van der Waals surface area contributed by atoms with Crippen LogP contribution in [0.25, 0.3) is 17.1 Å². The van der Waals surface area contributed by atoms with Gasteiger partial charge in [0, 0.05) is 17.8 Å². The van der Waals surface area contributed by atoms with E-state index in [1.54, 1.807) is 0 Å². The van der Waals surface area contributed by atoms with Gasteiger partial charge in [-0.3, -0.25) is 14.2 Å². The normalized spacial score (nSPS) is 10.8. The molecular formula is C22H24N4O3S. The number of rotatable bonds is 9. The molecule has 0 unspecified atom stereocenters. The number of ether oxygens (including phenoxy) is 1. The van der Waals surface area contributed by atoms with E-state index < -0.39 is 5.97 Å². The van der Waals surface area contributed by atoms with Gasteiger partial charge in [-0.15, -0.1) is 10.2 Å². The van der Waals surface area contributed by atoms with E-state index in [0.717, 1.165) is 11.3 Å². The Morgan fingerprint density at radius 1 is 1.03 bits per heavy atom. The monoisotopic (exact) mass is 424 g/mol. The molecule has 8 heteroatoms. The maximum absolute atomic E-state index is 12.1. The lowest BCUT2D eigenvalue weighted by molar-refractivity contribution is -0.145. The Hall–Kier alpha value is -3.13. The molecule has 2 aromatic carbocycles. The van der Waals surface area contributed by atoms with E-state index in [4.69, 9.17) is 4.74 Å². The lowest BCUT2D eigenvalue weighted by Crippen LogP contribution is -2.31. The predicted molar refractivity (Wildman–Crippen MR) is 116 cm³/mol. The summed E-state index contributed by atoms with van der Waals surface area (Å²) in [5, 5.41) is 11.9. The van der Waals surface area contributed by atoms with Gasteiger partial charge in [-0.25, -0.2) is 0 Å². The zero-order valence-corrected chi connectivity index (χ0v) is 17.8. The summed E-state index contributed by atoms with van der Waals surface area (Å²) in [6.45, 7) is 4.26. The molecule has 30 heavy (non-hydrogen) atoms. The van der Waals surface area contributed by atoms with Crippen molar-refractivity contribution in [3.05, 3.63) is 60.7 Å². The number of para-hydroxylation sites is 1. The van der Waals surface area contributed by atoms with E-state index in [2.05, 4.69) is 15.5 Å². The van der Waals surface area contributed by atoms with Crippen LogP contribution in [-0.2, 0) is 14.3 Å². The van der Waals surface area contributed by atoms with Crippen LogP contribution in [0.4, 0.5) is 0 Å². The fourth-order valence-corrected chi connectivity index (χ4v) is 3.38. The van der Waals surface area contributed by atoms with Gasteiger partial charge in [-0.05, 0) is 18.1 Å². The maximum atomic E-state index is 12.1. The number of nitrogens with one attached hydrogen (secondary N) is 1. The molecule has 1 amide bonds. The van der Waals surface area contributed by atoms with Crippen LogP contribution >= 0.6 is 11.8 Å². The molecule has 7 nitrogen and oxygen atoms in total. The second-order valence-electron chi connectivity index (χ2n) is 6.99. The first-order valence-corrected chi connectivity index (χ1v) is 10.6. The number of carbonyl (C=O) groups excluding carboxylic acids is 2. The molecule has 0 saturated heterocycles. The number of nitrogens with zero attached hydrogens (tertiary/aromatic N) is 3. The molecule has 0 aliphatic heterocycles. The standard InChI is InChI=1S/C22H24N4O3S/c1-16(2)13-23-19(27)14-29-20(28)15-30-22-25-24-21(17-9-5-3-6-10-17)26(22)18-11-7-4-8-12-18/h3-12,16H,13-15H2,1-2H3,(H,23,27). The smallest absolute Gasteiger partial charge is 0.316 e. The van der Waals surface area contributed by atoms with Gasteiger partial charge < -0.3 is 10.1 Å². The number of hydrogen-bond acceptors (Lipinski definition) is 6. The molecule has 1 heterocycles. The summed E-state index contributed by atoms with van der Waals surface area (Å²) in [5.74, 6) is 0.260. The van der Waals surface area contributed by atoms with Crippen molar-refractivity contribution in [2.75, 3.05) is 18.9 Å². The van der Waals surface area contributed by atoms with Crippen LogP contribution in [0.2, 0.25) is 0 Å². The number of benzene rings is 2. The third-order valence-electron chi connectivity index (χ3n) is 4.07. The Bertz CT molecular complexity index is 975. The Balaban J connectivity index is 1.68. The van der Waals surface area contributed by atoms with E-state index >= 15 is 0 Å². The van der Waals surface area contributed by atoms with Crippen LogP contribution in [0.5, 0.6) is 0 Å². The molecule has 0 fully saturated rings. The van der Waals surface area contributed by atoms with Crippen molar-refractivity contribution >= 4 is 23.6 Å². The number of esters is 1. The second-order valence-corrected chi connectivity index (χ2v) is 7.93. The second kappa shape index (κ2) is 10.6. The third-order valence-corrected chi connectivity index (χ3v) is 4.97. The largest absolute Gasteiger partial charge is 0.455 e. The van der Waals surface area contributed by atoms with E-state index in [-0.39, 0.29) is 18.3 Å². The Morgan fingerprint density at radius 2 is 1.70 bits per heavy atom. The molecule has 3 aromatic rings. The highest BCUT2D eigenvalue weighted by molar-refractivity contribution is 7.99. The molecule has 0 saturated carbocycles. The zero-order chi connectivity index (χ0) is 21.3. The van der Waals surface area contributed by atoms with E-state index in [1.165, 1.54) is 11.8 Å². The van der Waals surface area contributed by atoms with Crippen LogP contribution < -0.4 is 5.32 Å². The van der Waals surface area contributed by atoms with Crippen LogP contribution in [0.1, 0.15) is 13.8 Å². The van der Waals surface area contributed by atoms with Gasteiger partial charge in [0.25, 0.3) is 5.91 Å². The minimum atomic E-state index is -0.483. The molecule has 0 aliphatic rings. The maximum Gasteiger partial charge on any atom is 0.316 e. The Kier molecular flexibility index (Phi) is 7.62. The molecule has 1 aromatic heterocycles. The van der Waals surface area contributed by atoms with Crippen molar-refractivity contribution < 1.29 is 14.3 Å². The van der Waals surface area contributed by atoms with Crippen molar-refractivity contribution in [2.24, 2.45) is 5.92 Å². The fraction of sp³-hybridized carbons (Fsp3) is 0.273. The van der Waals surface area contributed by atoms with Crippen molar-refractivity contribution in [3.63, 3.8) is 0 Å². The van der Waals surface area contributed by atoms with Gasteiger partial charge in [-0.2, -0.15) is 0 Å². The van der Waals surface area contributed by atoms with Gasteiger partial charge in [-0.1, -0.05) is 74.1 Å². The quantitative estimate of drug-likeness (QED) is 0.419. The molecular weight excluding hydrogens is 400 g/mol. The van der Waals surface area contributed by atoms with Crippen molar-refractivity contribution in [3.8, 4) is 17.1 Å². The molecule has 0 atom stereocenters. The average Bonchev–Trinajstić information content (AvgIpc) is 3.20. The number of carbonyl (C=O) groups is 2. The molecule has 156 valence electrons. The van der Waals surface area contributed by atoms with Gasteiger partial charge in [0.1, 0.15) is 0 Å². The van der Waals surface area contributed by atoms with Crippen LogP contribution in [0.3, 0.4) is 0 Å². The number of hydrogen-bond donors (Lipinski definition) is 1. The van der Waals surface area contributed by atoms with Crippen molar-refractivity contribution in [2.45, 2.75) is 19.0 Å². The summed E-state index contributed by atoms with van der Waals surface area (Å²) in [4.78, 5) is 23.8. The molecule has 3 rings (SSSR count). The van der Waals surface area contributed by atoms with Gasteiger partial charge in [0.15, 0.2) is 17.6 Å². The Labute approximate surface area is 179 Å². The zero-order valence-electron chi connectivity index (χ0n) is 16.9. The van der Waals surface area contributed by atoms with Crippen molar-refractivity contribution in [1.82, 2.24) is 20.1 Å². The topological polar surface area (TPSA) is 86.1 Å². The fourth-order valence-electron chi connectivity index (χ4n) is 2.63. The molecule has 0 bridgehead atoms. The first-order chi connectivity index (χ1) is 14.5. The highest BCUT2D eigenvalue weighted by Crippen LogP contribution is 2.27. The summed E-state index contributed by atoms with van der Waals surface area (Å²) in [6.07, 6.45) is 0. The van der Waals surface area contributed by atoms with Crippen molar-refractivity contribution in [1.29, 1.82) is 0 Å². The van der Waals surface area contributed by atoms with Crippen LogP contribution in [0, 0.1) is 5.92 Å². The first kappa shape index (κ1) is 21.6. The molecule has 0 aliphatic carbocycles. The SMILES string of the molecule is CC(C)CNC(=O)COC(=O)CSc1nnc(-c2ccccc2)n1-c1ccccc1. The summed E-state index contributed by atoms with van der Waals surface area (Å²) >= 11 is 1.22. The van der Waals surface area contributed by atoms with Gasteiger partial charge in [0.2, 0.25) is 0 Å². The highest BCUT2D eigenvalue weighted by atomic mass is 32.2. The minimum Gasteiger partial charge on any atom is -0.455 e. The summed E-state index contributed by atoms with van der Waals surface area (Å²) in [5.41, 5.74) is 1.82. The van der Waals surface area contributed by atoms with Gasteiger partial charge >= 0.3 is 5.97 Å². The minimum absolute atomic E-state index is 0.0250. The highest BCUT2D eigenvalue weighted by Gasteiger charge is 2.17. The summed E-state index contributed by atoms with van der Waals surface area (Å²) in [6, 6.07) is 19.4. The van der Waals surface area contributed by atoms with Crippen LogP contribution in [0.15, 0.2) is 65.8 Å². The average molecular weight is 425 g/mol. The summed E-state index contributed by atoms with van der Waals surface area (Å²) in [7, 11) is 0. The number of thioether (sulfide) groups is 1. The number of aromatic nitrogens is 3. The first-order valence-electron chi connectivity index (χ1n) is 9.66. The molecule has 0 radical (unpaired) electrons. The van der Waals surface area contributed by atoms with E-state index in [0.29, 0.717) is 23.4 Å². The lowest BCUT2D eigenvalue weighted by Gasteiger charge is -2.10. The van der Waals surface area contributed by atoms with E-state index in [1.807, 2.05) is 79.1 Å². The van der Waals surface area contributed by atoms with Gasteiger partial charge in [0.05, 0.1) is 5.75 Å². The lowest BCUT2D eigenvalue weighted by atomic mass is 10.2. The number of amides is 1. The molecule has 1 N–H and O–H groups in total. The van der Waals surface area contributed by atoms with E-state index in [9.17, 15) is 9.59 Å².